The predicted octanol–water partition coefficient (Wildman–Crippen LogP) is -0.386. The van der Waals surface area contributed by atoms with Crippen LogP contribution in [0.4, 0.5) is 5.69 Å². The first kappa shape index (κ1) is 14.7. The second-order valence-electron chi connectivity index (χ2n) is 3.66. The molecule has 7 heteroatoms. The first-order chi connectivity index (χ1) is 8.95. The highest BCUT2D eigenvalue weighted by Crippen LogP contribution is 2.09. The Labute approximate surface area is 109 Å². The van der Waals surface area contributed by atoms with E-state index < -0.39 is 23.8 Å². The maximum absolute atomic E-state index is 11.6. The fraction of sp³-hybridized carbons (Fsp3) is 0.250. The molecule has 0 aromatic heterocycles. The lowest BCUT2D eigenvalue weighted by molar-refractivity contribution is -0.146. The maximum atomic E-state index is 11.6. The van der Waals surface area contributed by atoms with E-state index in [9.17, 15) is 14.4 Å². The largest absolute Gasteiger partial charge is 0.464 e. The molecule has 2 amide bonds. The van der Waals surface area contributed by atoms with Crippen molar-refractivity contribution in [1.29, 1.82) is 0 Å². The topological polar surface area (TPSA) is 125 Å². The van der Waals surface area contributed by atoms with Crippen LogP contribution >= 0.6 is 0 Å². The van der Waals surface area contributed by atoms with Gasteiger partial charge in [0.05, 0.1) is 6.61 Å². The Morgan fingerprint density at radius 3 is 2.32 bits per heavy atom. The SMILES string of the molecule is CCOC(=O)C(N)C(=O)Nc1ccc(C(N)=O)cc1. The average Bonchev–Trinajstić information content (AvgIpc) is 2.38. The summed E-state index contributed by atoms with van der Waals surface area (Å²) in [5.74, 6) is -2.06. The molecule has 0 heterocycles. The molecule has 0 spiro atoms. The Kier molecular flexibility index (Phi) is 5.01. The van der Waals surface area contributed by atoms with Crippen molar-refractivity contribution in [2.24, 2.45) is 11.5 Å². The molecule has 0 aliphatic rings. The first-order valence-corrected chi connectivity index (χ1v) is 5.58. The van der Waals surface area contributed by atoms with Gasteiger partial charge in [-0.25, -0.2) is 4.79 Å². The smallest absolute Gasteiger partial charge is 0.332 e. The zero-order chi connectivity index (χ0) is 14.4. The second-order valence-corrected chi connectivity index (χ2v) is 3.66. The predicted molar refractivity (Wildman–Crippen MR) is 68.2 cm³/mol. The average molecular weight is 265 g/mol. The molecule has 0 saturated heterocycles. The van der Waals surface area contributed by atoms with Crippen molar-refractivity contribution in [2.75, 3.05) is 11.9 Å². The van der Waals surface area contributed by atoms with Gasteiger partial charge in [0.1, 0.15) is 0 Å². The van der Waals surface area contributed by atoms with E-state index in [0.29, 0.717) is 11.3 Å². The normalized spacial score (nSPS) is 11.5. The number of anilines is 1. The first-order valence-electron chi connectivity index (χ1n) is 5.58. The molecule has 0 fully saturated rings. The Balaban J connectivity index is 2.66. The lowest BCUT2D eigenvalue weighted by atomic mass is 10.2. The van der Waals surface area contributed by atoms with Gasteiger partial charge in [-0.05, 0) is 31.2 Å². The van der Waals surface area contributed by atoms with Crippen LogP contribution in [0.3, 0.4) is 0 Å². The number of nitrogens with one attached hydrogen (secondary N) is 1. The quantitative estimate of drug-likeness (QED) is 0.494. The van der Waals surface area contributed by atoms with Gasteiger partial charge in [-0.15, -0.1) is 0 Å². The van der Waals surface area contributed by atoms with E-state index in [1.807, 2.05) is 0 Å². The van der Waals surface area contributed by atoms with Crippen molar-refractivity contribution in [3.8, 4) is 0 Å². The molecule has 1 rings (SSSR count). The van der Waals surface area contributed by atoms with Crippen molar-refractivity contribution in [1.82, 2.24) is 0 Å². The lowest BCUT2D eigenvalue weighted by Crippen LogP contribution is -2.43. The number of primary amides is 1. The minimum Gasteiger partial charge on any atom is -0.464 e. The molecular formula is C12H15N3O4. The summed E-state index contributed by atoms with van der Waals surface area (Å²) in [6.45, 7) is 1.76. The molecular weight excluding hydrogens is 250 g/mol. The van der Waals surface area contributed by atoms with E-state index in [4.69, 9.17) is 11.5 Å². The fourth-order valence-corrected chi connectivity index (χ4v) is 1.28. The van der Waals surface area contributed by atoms with Crippen molar-refractivity contribution < 1.29 is 19.1 Å². The molecule has 5 N–H and O–H groups in total. The van der Waals surface area contributed by atoms with E-state index in [-0.39, 0.29) is 6.61 Å². The van der Waals surface area contributed by atoms with E-state index >= 15 is 0 Å². The molecule has 0 bridgehead atoms. The maximum Gasteiger partial charge on any atom is 0.332 e. The van der Waals surface area contributed by atoms with Crippen molar-refractivity contribution in [2.45, 2.75) is 13.0 Å². The van der Waals surface area contributed by atoms with Crippen LogP contribution in [-0.4, -0.2) is 30.4 Å². The van der Waals surface area contributed by atoms with Crippen LogP contribution in [-0.2, 0) is 14.3 Å². The summed E-state index contributed by atoms with van der Waals surface area (Å²) < 4.78 is 4.63. The number of rotatable bonds is 5. The summed E-state index contributed by atoms with van der Waals surface area (Å²) in [5, 5.41) is 2.43. The van der Waals surface area contributed by atoms with Gasteiger partial charge < -0.3 is 21.5 Å². The van der Waals surface area contributed by atoms with Gasteiger partial charge in [0, 0.05) is 11.3 Å². The monoisotopic (exact) mass is 265 g/mol. The lowest BCUT2D eigenvalue weighted by Gasteiger charge is -2.11. The molecule has 1 aromatic rings. The number of hydrogen-bond donors (Lipinski definition) is 3. The standard InChI is InChI=1S/C12H15N3O4/c1-2-19-12(18)9(13)11(17)15-8-5-3-7(4-6-8)10(14)16/h3-6,9H,2,13H2,1H3,(H2,14,16)(H,15,17). The minimum absolute atomic E-state index is 0.146. The number of amides is 2. The van der Waals surface area contributed by atoms with Crippen LogP contribution in [0.2, 0.25) is 0 Å². The number of hydrogen-bond acceptors (Lipinski definition) is 5. The van der Waals surface area contributed by atoms with Gasteiger partial charge >= 0.3 is 5.97 Å². The van der Waals surface area contributed by atoms with Crippen molar-refractivity contribution in [3.63, 3.8) is 0 Å². The van der Waals surface area contributed by atoms with Gasteiger partial charge in [-0.3, -0.25) is 9.59 Å². The molecule has 0 saturated carbocycles. The van der Waals surface area contributed by atoms with E-state index in [1.165, 1.54) is 24.3 Å². The number of nitrogens with two attached hydrogens (primary N) is 2. The number of esters is 1. The third-order valence-electron chi connectivity index (χ3n) is 2.26. The summed E-state index contributed by atoms with van der Waals surface area (Å²) in [6, 6.07) is 4.48. The molecule has 102 valence electrons. The zero-order valence-corrected chi connectivity index (χ0v) is 10.4. The van der Waals surface area contributed by atoms with Crippen LogP contribution in [0.25, 0.3) is 0 Å². The molecule has 19 heavy (non-hydrogen) atoms. The molecule has 0 aliphatic carbocycles. The number of ether oxygens (including phenoxy) is 1. The zero-order valence-electron chi connectivity index (χ0n) is 10.4. The summed E-state index contributed by atoms with van der Waals surface area (Å²) >= 11 is 0. The van der Waals surface area contributed by atoms with E-state index in [0.717, 1.165) is 0 Å². The summed E-state index contributed by atoms with van der Waals surface area (Å²) in [4.78, 5) is 33.7. The summed E-state index contributed by atoms with van der Waals surface area (Å²) in [6.07, 6.45) is 0. The molecule has 7 nitrogen and oxygen atoms in total. The van der Waals surface area contributed by atoms with Crippen LogP contribution in [0.1, 0.15) is 17.3 Å². The Bertz CT molecular complexity index is 484. The van der Waals surface area contributed by atoms with Gasteiger partial charge in [0.2, 0.25) is 5.91 Å². The highest BCUT2D eigenvalue weighted by molar-refractivity contribution is 6.08. The highest BCUT2D eigenvalue weighted by atomic mass is 16.5. The fourth-order valence-electron chi connectivity index (χ4n) is 1.28. The molecule has 1 aromatic carbocycles. The molecule has 1 atom stereocenters. The second kappa shape index (κ2) is 6.50. The van der Waals surface area contributed by atoms with Gasteiger partial charge in [0.15, 0.2) is 6.04 Å². The Hall–Kier alpha value is -2.41. The van der Waals surface area contributed by atoms with Gasteiger partial charge in [-0.2, -0.15) is 0 Å². The summed E-state index contributed by atoms with van der Waals surface area (Å²) in [5.41, 5.74) is 11.2. The van der Waals surface area contributed by atoms with Gasteiger partial charge in [0.25, 0.3) is 5.91 Å². The van der Waals surface area contributed by atoms with Crippen molar-refractivity contribution in [3.05, 3.63) is 29.8 Å². The Morgan fingerprint density at radius 1 is 1.26 bits per heavy atom. The molecule has 1 unspecified atom stereocenters. The van der Waals surface area contributed by atoms with Crippen LogP contribution in [0.5, 0.6) is 0 Å². The van der Waals surface area contributed by atoms with E-state index in [2.05, 4.69) is 10.1 Å². The van der Waals surface area contributed by atoms with Crippen LogP contribution < -0.4 is 16.8 Å². The number of benzene rings is 1. The number of carbonyl (C=O) groups is 3. The summed E-state index contributed by atoms with van der Waals surface area (Å²) in [7, 11) is 0. The minimum atomic E-state index is -1.39. The molecule has 0 radical (unpaired) electrons. The van der Waals surface area contributed by atoms with E-state index in [1.54, 1.807) is 6.92 Å². The third-order valence-corrected chi connectivity index (χ3v) is 2.26. The van der Waals surface area contributed by atoms with Gasteiger partial charge in [-0.1, -0.05) is 0 Å². The van der Waals surface area contributed by atoms with Crippen molar-refractivity contribution >= 4 is 23.5 Å². The molecule has 0 aliphatic heterocycles. The Morgan fingerprint density at radius 2 is 1.84 bits per heavy atom. The number of carbonyl (C=O) groups excluding carboxylic acids is 3. The third kappa shape index (κ3) is 4.07. The highest BCUT2D eigenvalue weighted by Gasteiger charge is 2.23. The van der Waals surface area contributed by atoms with Crippen LogP contribution in [0, 0.1) is 0 Å². The van der Waals surface area contributed by atoms with Crippen LogP contribution in [0.15, 0.2) is 24.3 Å².